The van der Waals surface area contributed by atoms with Crippen molar-refractivity contribution >= 4 is 29.1 Å². The van der Waals surface area contributed by atoms with E-state index in [1.165, 1.54) is 40.9 Å². The number of hydrogen-bond acceptors (Lipinski definition) is 5. The quantitative estimate of drug-likeness (QED) is 0.409. The van der Waals surface area contributed by atoms with Gasteiger partial charge in [0.25, 0.3) is 5.91 Å². The van der Waals surface area contributed by atoms with Gasteiger partial charge in [0.05, 0.1) is 16.7 Å². The van der Waals surface area contributed by atoms with Crippen molar-refractivity contribution in [2.45, 2.75) is 12.5 Å². The molecule has 1 atom stereocenters. The predicted molar refractivity (Wildman–Crippen MR) is 116 cm³/mol. The van der Waals surface area contributed by atoms with Crippen molar-refractivity contribution < 1.29 is 18.7 Å². The van der Waals surface area contributed by atoms with Crippen LogP contribution in [0.2, 0.25) is 5.02 Å². The first-order valence-electron chi connectivity index (χ1n) is 9.65. The second-order valence-corrected chi connectivity index (χ2v) is 7.49. The fourth-order valence-corrected chi connectivity index (χ4v) is 3.54. The number of pyridine rings is 1. The number of aliphatic hydroxyl groups is 1. The van der Waals surface area contributed by atoms with Gasteiger partial charge in [0.1, 0.15) is 11.6 Å². The van der Waals surface area contributed by atoms with E-state index in [0.717, 1.165) is 0 Å². The molecule has 10 heteroatoms. The molecule has 7 nitrogen and oxygen atoms in total. The van der Waals surface area contributed by atoms with Gasteiger partial charge in [0, 0.05) is 18.3 Å². The number of carbonyl (C=O) groups excluding carboxylic acids is 1. The van der Waals surface area contributed by atoms with E-state index in [4.69, 9.17) is 17.3 Å². The average Bonchev–Trinajstić information content (AvgIpc) is 3.13. The number of amides is 1. The fraction of sp³-hybridized carbons (Fsp3) is 0.136. The zero-order valence-electron chi connectivity index (χ0n) is 16.6. The minimum atomic E-state index is -0.912. The molecule has 0 saturated carbocycles. The van der Waals surface area contributed by atoms with Gasteiger partial charge < -0.3 is 16.2 Å². The lowest BCUT2D eigenvalue weighted by Gasteiger charge is -2.14. The van der Waals surface area contributed by atoms with Crippen LogP contribution >= 0.6 is 11.6 Å². The van der Waals surface area contributed by atoms with Gasteiger partial charge in [-0.3, -0.25) is 4.79 Å². The average molecular weight is 458 g/mol. The molecule has 4 rings (SSSR count). The maximum atomic E-state index is 15.3. The second kappa shape index (κ2) is 8.89. The summed E-state index contributed by atoms with van der Waals surface area (Å²) in [5.41, 5.74) is 6.85. The Morgan fingerprint density at radius 1 is 1.19 bits per heavy atom. The monoisotopic (exact) mass is 457 g/mol. The highest BCUT2D eigenvalue weighted by atomic mass is 35.5. The third-order valence-electron chi connectivity index (χ3n) is 4.94. The fourth-order valence-electron chi connectivity index (χ4n) is 3.31. The number of aromatic nitrogens is 3. The normalized spacial score (nSPS) is 12.1. The number of aliphatic hydroxyl groups excluding tert-OH is 1. The van der Waals surface area contributed by atoms with Crippen molar-refractivity contribution in [2.75, 3.05) is 12.3 Å². The minimum Gasteiger partial charge on any atom is -0.388 e. The first-order chi connectivity index (χ1) is 15.3. The van der Waals surface area contributed by atoms with Gasteiger partial charge in [-0.25, -0.2) is 13.3 Å². The number of nitrogen functional groups attached to an aromatic ring is 1. The highest BCUT2D eigenvalue weighted by Crippen LogP contribution is 2.30. The molecule has 1 unspecified atom stereocenters. The molecule has 164 valence electrons. The van der Waals surface area contributed by atoms with Gasteiger partial charge in [-0.05, 0) is 53.9 Å². The largest absolute Gasteiger partial charge is 0.388 e. The predicted octanol–water partition coefficient (Wildman–Crippen LogP) is 3.76. The molecule has 0 spiro atoms. The smallest absolute Gasteiger partial charge is 0.255 e. The van der Waals surface area contributed by atoms with Crippen molar-refractivity contribution in [3.63, 3.8) is 0 Å². The van der Waals surface area contributed by atoms with Crippen LogP contribution < -0.4 is 11.1 Å². The summed E-state index contributed by atoms with van der Waals surface area (Å²) in [4.78, 5) is 16.7. The summed E-state index contributed by atoms with van der Waals surface area (Å²) < 4.78 is 29.7. The molecule has 0 aliphatic heterocycles. The van der Waals surface area contributed by atoms with Crippen LogP contribution in [-0.2, 0) is 0 Å². The lowest BCUT2D eigenvalue weighted by atomic mass is 10.0. The Kier molecular flexibility index (Phi) is 6.02. The number of nitrogens with two attached hydrogens (primary N) is 1. The Morgan fingerprint density at radius 3 is 2.69 bits per heavy atom. The number of nitrogens with zero attached hydrogens (tertiary/aromatic N) is 3. The van der Waals surface area contributed by atoms with E-state index in [0.29, 0.717) is 16.8 Å². The van der Waals surface area contributed by atoms with Crippen LogP contribution in [0, 0.1) is 11.6 Å². The van der Waals surface area contributed by atoms with Crippen molar-refractivity contribution in [3.8, 4) is 11.1 Å². The Labute approximate surface area is 186 Å². The number of benzene rings is 2. The van der Waals surface area contributed by atoms with Crippen LogP contribution in [0.15, 0.2) is 54.7 Å². The number of hydrogen-bond donors (Lipinski definition) is 3. The Morgan fingerprint density at radius 2 is 1.94 bits per heavy atom. The van der Waals surface area contributed by atoms with E-state index >= 15 is 4.39 Å². The Hall–Kier alpha value is -3.56. The summed E-state index contributed by atoms with van der Waals surface area (Å²) in [6.45, 7) is 0.0579. The molecule has 0 fully saturated rings. The molecule has 0 bridgehead atoms. The molecule has 4 aromatic rings. The van der Waals surface area contributed by atoms with Gasteiger partial charge in [-0.1, -0.05) is 23.7 Å². The van der Waals surface area contributed by atoms with E-state index in [1.807, 2.05) is 0 Å². The summed E-state index contributed by atoms with van der Waals surface area (Å²) in [5, 5.41) is 16.7. The third kappa shape index (κ3) is 4.39. The van der Waals surface area contributed by atoms with Gasteiger partial charge >= 0.3 is 0 Å². The number of rotatable bonds is 6. The number of fused-ring (bicyclic) bond motifs is 1. The van der Waals surface area contributed by atoms with Crippen LogP contribution in [0.3, 0.4) is 0 Å². The van der Waals surface area contributed by atoms with Crippen molar-refractivity contribution in [3.05, 3.63) is 82.5 Å². The molecule has 0 saturated heterocycles. The maximum Gasteiger partial charge on any atom is 0.255 e. The lowest BCUT2D eigenvalue weighted by Crippen LogP contribution is -2.27. The highest BCUT2D eigenvalue weighted by Gasteiger charge is 2.21. The van der Waals surface area contributed by atoms with Crippen LogP contribution in [0.25, 0.3) is 16.8 Å². The van der Waals surface area contributed by atoms with E-state index in [1.54, 1.807) is 18.3 Å². The summed E-state index contributed by atoms with van der Waals surface area (Å²) in [5.74, 6) is -1.83. The zero-order chi connectivity index (χ0) is 22.8. The van der Waals surface area contributed by atoms with Crippen LogP contribution in [0.5, 0.6) is 0 Å². The summed E-state index contributed by atoms with van der Waals surface area (Å²) in [6, 6.07) is 11.5. The molecule has 2 heterocycles. The molecule has 32 heavy (non-hydrogen) atoms. The van der Waals surface area contributed by atoms with Crippen molar-refractivity contribution in [2.24, 2.45) is 0 Å². The number of halogens is 3. The Bertz CT molecular complexity index is 1290. The van der Waals surface area contributed by atoms with Crippen LogP contribution in [-0.4, -0.2) is 32.2 Å². The highest BCUT2D eigenvalue weighted by molar-refractivity contribution is 6.34. The SMILES string of the molecule is Nc1nc2cc(-c3ccc(Cl)c(C(=O)NCCC(O)c4ccc(F)cc4)c3F)ccn2n1. The maximum absolute atomic E-state index is 15.3. The van der Waals surface area contributed by atoms with Crippen LogP contribution in [0.1, 0.15) is 28.4 Å². The molecule has 2 aromatic carbocycles. The number of carbonyl (C=O) groups is 1. The van der Waals surface area contributed by atoms with Gasteiger partial charge in [0.2, 0.25) is 5.95 Å². The molecule has 4 N–H and O–H groups in total. The van der Waals surface area contributed by atoms with Crippen LogP contribution in [0.4, 0.5) is 14.7 Å². The summed E-state index contributed by atoms with van der Waals surface area (Å²) in [6.07, 6.45) is 0.824. The van der Waals surface area contributed by atoms with Crippen molar-refractivity contribution in [1.82, 2.24) is 19.9 Å². The molecule has 2 aromatic heterocycles. The van der Waals surface area contributed by atoms with E-state index in [-0.39, 0.29) is 35.1 Å². The Balaban J connectivity index is 1.51. The molecule has 0 radical (unpaired) electrons. The summed E-state index contributed by atoms with van der Waals surface area (Å²) >= 11 is 6.11. The topological polar surface area (TPSA) is 106 Å². The molecule has 1 amide bonds. The third-order valence-corrected chi connectivity index (χ3v) is 5.26. The molecular formula is C22H18ClF2N5O2. The number of nitrogens with one attached hydrogen (secondary N) is 1. The van der Waals surface area contributed by atoms with Crippen molar-refractivity contribution in [1.29, 1.82) is 0 Å². The zero-order valence-corrected chi connectivity index (χ0v) is 17.4. The van der Waals surface area contributed by atoms with E-state index < -0.39 is 23.6 Å². The molecular weight excluding hydrogens is 440 g/mol. The minimum absolute atomic E-state index is 0.0457. The first-order valence-corrected chi connectivity index (χ1v) is 10.0. The molecule has 0 aliphatic carbocycles. The molecule has 0 aliphatic rings. The van der Waals surface area contributed by atoms with E-state index in [2.05, 4.69) is 15.4 Å². The standard InChI is InChI=1S/C22H18ClF2N5O2/c23-16-6-5-15(13-8-10-30-18(11-13)28-22(26)29-30)20(25)19(16)21(32)27-9-7-17(31)12-1-3-14(24)4-2-12/h1-6,8,10-11,17,31H,7,9H2,(H2,26,29)(H,27,32). The second-order valence-electron chi connectivity index (χ2n) is 7.08. The van der Waals surface area contributed by atoms with E-state index in [9.17, 15) is 14.3 Å². The van der Waals surface area contributed by atoms with Gasteiger partial charge in [-0.2, -0.15) is 4.98 Å². The van der Waals surface area contributed by atoms with Gasteiger partial charge in [0.15, 0.2) is 5.65 Å². The first kappa shape index (κ1) is 21.7. The lowest BCUT2D eigenvalue weighted by molar-refractivity contribution is 0.0939. The number of anilines is 1. The van der Waals surface area contributed by atoms with Gasteiger partial charge in [-0.15, -0.1) is 5.10 Å². The summed E-state index contributed by atoms with van der Waals surface area (Å²) in [7, 11) is 0.